The van der Waals surface area contributed by atoms with Crippen molar-refractivity contribution < 1.29 is 4.79 Å². The van der Waals surface area contributed by atoms with E-state index in [0.717, 1.165) is 11.1 Å². The lowest BCUT2D eigenvalue weighted by Gasteiger charge is -2.35. The highest BCUT2D eigenvalue weighted by Gasteiger charge is 2.32. The molecule has 0 aliphatic carbocycles. The Bertz CT molecular complexity index is 300. The van der Waals surface area contributed by atoms with Gasteiger partial charge >= 0.3 is 0 Å². The zero-order valence-electron chi connectivity index (χ0n) is 9.77. The normalized spacial score (nSPS) is 13.1. The van der Waals surface area contributed by atoms with Crippen molar-refractivity contribution in [3.8, 4) is 0 Å². The molecule has 0 heterocycles. The van der Waals surface area contributed by atoms with Crippen LogP contribution in [0.25, 0.3) is 0 Å². The predicted octanol–water partition coefficient (Wildman–Crippen LogP) is 4.10. The van der Waals surface area contributed by atoms with Gasteiger partial charge in [-0.05, 0) is 23.9 Å². The van der Waals surface area contributed by atoms with Crippen LogP contribution in [0.1, 0.15) is 27.2 Å². The second-order valence-electron chi connectivity index (χ2n) is 4.39. The number of hydrogen-bond acceptors (Lipinski definition) is 1. The highest BCUT2D eigenvalue weighted by molar-refractivity contribution is 6.63. The minimum atomic E-state index is -0.350. The minimum absolute atomic E-state index is 0.0301. The number of allylic oxidation sites excluding steroid dienone is 3. The fraction of sp³-hybridized carbons (Fsp3) is 0.462. The van der Waals surface area contributed by atoms with Crippen LogP contribution >= 0.6 is 11.6 Å². The lowest BCUT2D eigenvalue weighted by Crippen LogP contribution is -2.27. The molecule has 0 saturated carbocycles. The SMILES string of the molecule is C=CC(=C)C(CC(=O)Cl)C(C)(C)C(=C)C. The molecular formula is C13H19ClO. The van der Waals surface area contributed by atoms with Gasteiger partial charge in [0, 0.05) is 12.3 Å². The molecule has 15 heavy (non-hydrogen) atoms. The molecule has 1 unspecified atom stereocenters. The molecule has 1 nitrogen and oxygen atoms in total. The Hall–Kier alpha value is -0.820. The van der Waals surface area contributed by atoms with Gasteiger partial charge < -0.3 is 0 Å². The van der Waals surface area contributed by atoms with Gasteiger partial charge in [0.1, 0.15) is 0 Å². The zero-order valence-corrected chi connectivity index (χ0v) is 10.5. The molecule has 1 atom stereocenters. The topological polar surface area (TPSA) is 17.1 Å². The van der Waals surface area contributed by atoms with Gasteiger partial charge in [0.05, 0.1) is 0 Å². The fourth-order valence-electron chi connectivity index (χ4n) is 1.45. The van der Waals surface area contributed by atoms with Gasteiger partial charge in [-0.15, -0.1) is 0 Å². The molecule has 0 amide bonds. The first-order chi connectivity index (χ1) is 6.73. The van der Waals surface area contributed by atoms with Gasteiger partial charge in [0.15, 0.2) is 0 Å². The Morgan fingerprint density at radius 3 is 2.20 bits per heavy atom. The average molecular weight is 227 g/mol. The van der Waals surface area contributed by atoms with Crippen LogP contribution < -0.4 is 0 Å². The van der Waals surface area contributed by atoms with E-state index in [1.165, 1.54) is 0 Å². The summed E-state index contributed by atoms with van der Waals surface area (Å²) in [5.74, 6) is -0.0301. The standard InChI is InChI=1S/C13H19ClO/c1-7-10(4)11(8-12(14)15)13(5,6)9(2)3/h7,11H,1-2,4,8H2,3,5-6H3. The van der Waals surface area contributed by atoms with E-state index in [4.69, 9.17) is 11.6 Å². The molecule has 0 aliphatic heterocycles. The monoisotopic (exact) mass is 226 g/mol. The van der Waals surface area contributed by atoms with Crippen molar-refractivity contribution in [3.05, 3.63) is 37.0 Å². The minimum Gasteiger partial charge on any atom is -0.281 e. The van der Waals surface area contributed by atoms with Gasteiger partial charge in [0.2, 0.25) is 5.24 Å². The van der Waals surface area contributed by atoms with E-state index < -0.39 is 0 Å². The molecular weight excluding hydrogens is 208 g/mol. The summed E-state index contributed by atoms with van der Waals surface area (Å²) in [4.78, 5) is 11.0. The van der Waals surface area contributed by atoms with Crippen LogP contribution in [0.2, 0.25) is 0 Å². The van der Waals surface area contributed by atoms with Crippen LogP contribution in [-0.4, -0.2) is 5.24 Å². The Labute approximate surface area is 97.5 Å². The summed E-state index contributed by atoms with van der Waals surface area (Å²) in [6.45, 7) is 17.5. The van der Waals surface area contributed by atoms with E-state index in [0.29, 0.717) is 0 Å². The average Bonchev–Trinajstić information content (AvgIpc) is 2.12. The van der Waals surface area contributed by atoms with Gasteiger partial charge in [-0.1, -0.05) is 50.8 Å². The molecule has 0 fully saturated rings. The molecule has 0 saturated heterocycles. The molecule has 0 bridgehead atoms. The van der Waals surface area contributed by atoms with Gasteiger partial charge in [-0.25, -0.2) is 0 Å². The second-order valence-corrected chi connectivity index (χ2v) is 4.81. The third-order valence-corrected chi connectivity index (χ3v) is 3.20. The molecule has 0 rings (SSSR count). The number of carbonyl (C=O) groups excluding carboxylic acids is 1. The number of carbonyl (C=O) groups is 1. The van der Waals surface area contributed by atoms with Crippen molar-refractivity contribution in [2.45, 2.75) is 27.2 Å². The highest BCUT2D eigenvalue weighted by Crippen LogP contribution is 2.40. The van der Waals surface area contributed by atoms with E-state index in [9.17, 15) is 4.79 Å². The van der Waals surface area contributed by atoms with Crippen LogP contribution in [0.15, 0.2) is 37.0 Å². The van der Waals surface area contributed by atoms with Crippen LogP contribution in [0, 0.1) is 11.3 Å². The maximum atomic E-state index is 11.0. The van der Waals surface area contributed by atoms with Crippen molar-refractivity contribution in [1.29, 1.82) is 0 Å². The highest BCUT2D eigenvalue weighted by atomic mass is 35.5. The Morgan fingerprint density at radius 1 is 1.47 bits per heavy atom. The molecule has 2 heteroatoms. The van der Waals surface area contributed by atoms with Gasteiger partial charge in [0.25, 0.3) is 0 Å². The quantitative estimate of drug-likeness (QED) is 0.379. The van der Waals surface area contributed by atoms with Crippen LogP contribution in [0.5, 0.6) is 0 Å². The first kappa shape index (κ1) is 14.2. The van der Waals surface area contributed by atoms with E-state index in [1.54, 1.807) is 6.08 Å². The van der Waals surface area contributed by atoms with Crippen LogP contribution in [0.4, 0.5) is 0 Å². The molecule has 0 aromatic carbocycles. The van der Waals surface area contributed by atoms with Gasteiger partial charge in [-0.2, -0.15) is 0 Å². The van der Waals surface area contributed by atoms with E-state index in [-0.39, 0.29) is 23.0 Å². The van der Waals surface area contributed by atoms with Crippen molar-refractivity contribution >= 4 is 16.8 Å². The van der Waals surface area contributed by atoms with Crippen molar-refractivity contribution in [1.82, 2.24) is 0 Å². The van der Waals surface area contributed by atoms with Crippen LogP contribution in [-0.2, 0) is 4.79 Å². The molecule has 0 spiro atoms. The Morgan fingerprint density at radius 2 is 1.93 bits per heavy atom. The third kappa shape index (κ3) is 3.67. The Balaban J connectivity index is 5.09. The molecule has 0 aliphatic rings. The van der Waals surface area contributed by atoms with E-state index >= 15 is 0 Å². The van der Waals surface area contributed by atoms with Crippen molar-refractivity contribution in [2.75, 3.05) is 0 Å². The van der Waals surface area contributed by atoms with Crippen molar-refractivity contribution in [2.24, 2.45) is 11.3 Å². The summed E-state index contributed by atoms with van der Waals surface area (Å²) in [6.07, 6.45) is 1.95. The summed E-state index contributed by atoms with van der Waals surface area (Å²) in [5.41, 5.74) is 1.64. The maximum Gasteiger partial charge on any atom is 0.222 e. The van der Waals surface area contributed by atoms with E-state index in [2.05, 4.69) is 19.7 Å². The molecule has 0 aromatic rings. The largest absolute Gasteiger partial charge is 0.281 e. The summed E-state index contributed by atoms with van der Waals surface area (Å²) in [5, 5.41) is -0.350. The number of rotatable bonds is 6. The molecule has 0 radical (unpaired) electrons. The van der Waals surface area contributed by atoms with Gasteiger partial charge in [-0.3, -0.25) is 4.79 Å². The summed E-state index contributed by atoms with van der Waals surface area (Å²) in [7, 11) is 0. The van der Waals surface area contributed by atoms with E-state index in [1.807, 2.05) is 20.8 Å². The lowest BCUT2D eigenvalue weighted by atomic mass is 9.69. The molecule has 0 aromatic heterocycles. The maximum absolute atomic E-state index is 11.0. The van der Waals surface area contributed by atoms with Crippen molar-refractivity contribution in [3.63, 3.8) is 0 Å². The predicted molar refractivity (Wildman–Crippen MR) is 66.9 cm³/mol. The summed E-state index contributed by atoms with van der Waals surface area (Å²) in [6, 6.07) is 0. The third-order valence-electron chi connectivity index (χ3n) is 3.05. The Kier molecular flexibility index (Phi) is 5.02. The number of hydrogen-bond donors (Lipinski definition) is 0. The first-order valence-corrected chi connectivity index (χ1v) is 5.26. The summed E-state index contributed by atoms with van der Waals surface area (Å²) >= 11 is 5.44. The fourth-order valence-corrected chi connectivity index (χ4v) is 1.60. The smallest absolute Gasteiger partial charge is 0.222 e. The zero-order chi connectivity index (χ0) is 12.2. The lowest BCUT2D eigenvalue weighted by molar-refractivity contribution is -0.112. The second kappa shape index (κ2) is 5.32. The molecule has 0 N–H and O–H groups in total. The van der Waals surface area contributed by atoms with Crippen LogP contribution in [0.3, 0.4) is 0 Å². The summed E-state index contributed by atoms with van der Waals surface area (Å²) < 4.78 is 0. The first-order valence-electron chi connectivity index (χ1n) is 4.89. The molecule has 84 valence electrons. The number of halogens is 1.